The van der Waals surface area contributed by atoms with Gasteiger partial charge in [-0.15, -0.1) is 0 Å². The number of hydrogen-bond donors (Lipinski definition) is 1. The second kappa shape index (κ2) is 16.5. The largest absolute Gasteiger partial charge is 0.396 e. The molecule has 1 unspecified atom stereocenters. The second-order valence-corrected chi connectivity index (χ2v) is 5.90. The predicted molar refractivity (Wildman–Crippen MR) is 91.0 cm³/mol. The van der Waals surface area contributed by atoms with Crippen LogP contribution in [-0.4, -0.2) is 11.7 Å². The summed E-state index contributed by atoms with van der Waals surface area (Å²) in [5.74, 6) is 0.320. The molecule has 0 aromatic heterocycles. The van der Waals surface area contributed by atoms with Gasteiger partial charge in [-0.2, -0.15) is 0 Å². The number of unbranched alkanes of at least 4 members (excludes halogenated alkanes) is 9. The fourth-order valence-electron chi connectivity index (χ4n) is 2.18. The Labute approximate surface area is 127 Å². The van der Waals surface area contributed by atoms with Crippen molar-refractivity contribution in [2.45, 2.75) is 84.5 Å². The number of aliphatic hydroxyl groups excluding tert-OH is 1. The molecule has 118 valence electrons. The molecule has 0 bridgehead atoms. The lowest BCUT2D eigenvalue weighted by Gasteiger charge is -2.00. The van der Waals surface area contributed by atoms with E-state index in [4.69, 9.17) is 5.11 Å². The first-order valence-corrected chi connectivity index (χ1v) is 8.73. The lowest BCUT2D eigenvalue weighted by atomic mass is 10.1. The Bertz CT molecular complexity index is 230. The van der Waals surface area contributed by atoms with Gasteiger partial charge < -0.3 is 5.11 Å². The Morgan fingerprint density at radius 1 is 0.750 bits per heavy atom. The summed E-state index contributed by atoms with van der Waals surface area (Å²) in [6.45, 7) is 4.56. The van der Waals surface area contributed by atoms with Crippen LogP contribution < -0.4 is 0 Å². The first-order valence-electron chi connectivity index (χ1n) is 8.73. The zero-order valence-electron chi connectivity index (χ0n) is 13.8. The standard InChI is InChI=1S/C19H36O/c1-3-4-5-6-7-8-9-10-11-12-13-14-15-16-17-19(2)18-20/h6-7,16-17,19-20H,3-5,8-15,18H2,1-2H3/b7-6+,17-16+. The number of rotatable bonds is 14. The monoisotopic (exact) mass is 280 g/mol. The molecular weight excluding hydrogens is 244 g/mol. The highest BCUT2D eigenvalue weighted by Crippen LogP contribution is 2.10. The van der Waals surface area contributed by atoms with Crippen molar-refractivity contribution in [3.8, 4) is 0 Å². The zero-order valence-corrected chi connectivity index (χ0v) is 13.8. The molecule has 1 heteroatoms. The van der Waals surface area contributed by atoms with Gasteiger partial charge in [-0.3, -0.25) is 0 Å². The van der Waals surface area contributed by atoms with Crippen molar-refractivity contribution in [2.75, 3.05) is 6.61 Å². The fraction of sp³-hybridized carbons (Fsp3) is 0.789. The molecule has 0 saturated carbocycles. The van der Waals surface area contributed by atoms with Crippen molar-refractivity contribution in [3.05, 3.63) is 24.3 Å². The van der Waals surface area contributed by atoms with E-state index < -0.39 is 0 Å². The van der Waals surface area contributed by atoms with Crippen molar-refractivity contribution in [1.82, 2.24) is 0 Å². The molecule has 0 heterocycles. The summed E-state index contributed by atoms with van der Waals surface area (Å²) >= 11 is 0. The van der Waals surface area contributed by atoms with Gasteiger partial charge in [0.05, 0.1) is 0 Å². The van der Waals surface area contributed by atoms with Crippen molar-refractivity contribution in [3.63, 3.8) is 0 Å². The van der Waals surface area contributed by atoms with E-state index in [1.165, 1.54) is 70.6 Å². The third-order valence-corrected chi connectivity index (χ3v) is 3.64. The van der Waals surface area contributed by atoms with E-state index in [2.05, 4.69) is 31.2 Å². The molecule has 0 saturated heterocycles. The summed E-state index contributed by atoms with van der Waals surface area (Å²) in [7, 11) is 0. The van der Waals surface area contributed by atoms with E-state index in [1.807, 2.05) is 6.92 Å². The van der Waals surface area contributed by atoms with Gasteiger partial charge in [0.25, 0.3) is 0 Å². The summed E-state index contributed by atoms with van der Waals surface area (Å²) in [6, 6.07) is 0. The van der Waals surface area contributed by atoms with E-state index in [1.54, 1.807) is 0 Å². The fourth-order valence-corrected chi connectivity index (χ4v) is 2.18. The summed E-state index contributed by atoms with van der Waals surface area (Å²) in [6.07, 6.45) is 23.6. The zero-order chi connectivity index (χ0) is 14.9. The molecule has 0 aliphatic rings. The maximum atomic E-state index is 8.88. The van der Waals surface area contributed by atoms with E-state index in [0.29, 0.717) is 5.92 Å². The van der Waals surface area contributed by atoms with Crippen LogP contribution in [0.5, 0.6) is 0 Å². The summed E-state index contributed by atoms with van der Waals surface area (Å²) < 4.78 is 0. The average Bonchev–Trinajstić information content (AvgIpc) is 2.47. The number of aliphatic hydroxyl groups is 1. The molecule has 1 nitrogen and oxygen atoms in total. The minimum absolute atomic E-state index is 0.267. The van der Waals surface area contributed by atoms with Gasteiger partial charge in [0.15, 0.2) is 0 Å². The molecule has 0 fully saturated rings. The van der Waals surface area contributed by atoms with E-state index in [9.17, 15) is 0 Å². The Balaban J connectivity index is 3.13. The van der Waals surface area contributed by atoms with Gasteiger partial charge in [0.1, 0.15) is 0 Å². The molecule has 1 N–H and O–H groups in total. The number of allylic oxidation sites excluding steroid dienone is 3. The van der Waals surface area contributed by atoms with Gasteiger partial charge in [-0.05, 0) is 38.0 Å². The van der Waals surface area contributed by atoms with Crippen LogP contribution in [0.3, 0.4) is 0 Å². The molecule has 0 spiro atoms. The molecule has 0 rings (SSSR count). The van der Waals surface area contributed by atoms with Crippen LogP contribution in [0, 0.1) is 5.92 Å². The van der Waals surface area contributed by atoms with Crippen LogP contribution >= 0.6 is 0 Å². The van der Waals surface area contributed by atoms with Crippen LogP contribution in [-0.2, 0) is 0 Å². The molecule has 0 aromatic carbocycles. The highest BCUT2D eigenvalue weighted by molar-refractivity contribution is 4.85. The summed E-state index contributed by atoms with van der Waals surface area (Å²) in [5, 5.41) is 8.88. The second-order valence-electron chi connectivity index (χ2n) is 5.90. The highest BCUT2D eigenvalue weighted by Gasteiger charge is 1.92. The van der Waals surface area contributed by atoms with Crippen LogP contribution in [0.2, 0.25) is 0 Å². The molecule has 0 aliphatic carbocycles. The van der Waals surface area contributed by atoms with Gasteiger partial charge in [0, 0.05) is 6.61 Å². The first-order chi connectivity index (χ1) is 9.81. The molecule has 20 heavy (non-hydrogen) atoms. The smallest absolute Gasteiger partial charge is 0.0491 e. The normalized spacial score (nSPS) is 13.6. The number of hydrogen-bond acceptors (Lipinski definition) is 1. The Morgan fingerprint density at radius 2 is 1.25 bits per heavy atom. The van der Waals surface area contributed by atoms with Crippen molar-refractivity contribution < 1.29 is 5.11 Å². The molecule has 1 atom stereocenters. The van der Waals surface area contributed by atoms with Crippen molar-refractivity contribution in [2.24, 2.45) is 5.92 Å². The molecule has 0 amide bonds. The molecule has 0 aliphatic heterocycles. The van der Waals surface area contributed by atoms with Gasteiger partial charge in [0.2, 0.25) is 0 Å². The minimum Gasteiger partial charge on any atom is -0.396 e. The third kappa shape index (κ3) is 15.5. The maximum Gasteiger partial charge on any atom is 0.0491 e. The Kier molecular flexibility index (Phi) is 16.0. The van der Waals surface area contributed by atoms with Crippen molar-refractivity contribution >= 4 is 0 Å². The first kappa shape index (κ1) is 19.4. The lowest BCUT2D eigenvalue weighted by molar-refractivity contribution is 0.262. The van der Waals surface area contributed by atoms with E-state index in [0.717, 1.165) is 0 Å². The minimum atomic E-state index is 0.267. The third-order valence-electron chi connectivity index (χ3n) is 3.64. The quantitative estimate of drug-likeness (QED) is 0.304. The topological polar surface area (TPSA) is 20.2 Å². The Hall–Kier alpha value is -0.560. The Morgan fingerprint density at radius 3 is 1.80 bits per heavy atom. The van der Waals surface area contributed by atoms with Gasteiger partial charge in [-0.25, -0.2) is 0 Å². The maximum absolute atomic E-state index is 8.88. The van der Waals surface area contributed by atoms with Crippen LogP contribution in [0.4, 0.5) is 0 Å². The SMILES string of the molecule is CCCC/C=C/CCCCCCCC/C=C/C(C)CO. The lowest BCUT2D eigenvalue weighted by Crippen LogP contribution is -1.94. The van der Waals surface area contributed by atoms with Gasteiger partial charge >= 0.3 is 0 Å². The predicted octanol–water partition coefficient (Wildman–Crippen LogP) is 6.04. The molecule has 0 radical (unpaired) electrons. The van der Waals surface area contributed by atoms with Crippen LogP contribution in [0.25, 0.3) is 0 Å². The summed E-state index contributed by atoms with van der Waals surface area (Å²) in [4.78, 5) is 0. The molecular formula is C19H36O. The van der Waals surface area contributed by atoms with Crippen molar-refractivity contribution in [1.29, 1.82) is 0 Å². The summed E-state index contributed by atoms with van der Waals surface area (Å²) in [5.41, 5.74) is 0. The van der Waals surface area contributed by atoms with E-state index in [-0.39, 0.29) is 6.61 Å². The average molecular weight is 280 g/mol. The molecule has 0 aromatic rings. The van der Waals surface area contributed by atoms with Crippen LogP contribution in [0.1, 0.15) is 84.5 Å². The van der Waals surface area contributed by atoms with E-state index >= 15 is 0 Å². The van der Waals surface area contributed by atoms with Gasteiger partial charge in [-0.1, -0.05) is 76.7 Å². The highest BCUT2D eigenvalue weighted by atomic mass is 16.3. The van der Waals surface area contributed by atoms with Crippen LogP contribution in [0.15, 0.2) is 24.3 Å².